The Morgan fingerprint density at radius 1 is 1.07 bits per heavy atom. The van der Waals surface area contributed by atoms with Gasteiger partial charge in [0.1, 0.15) is 0 Å². The number of fused-ring (bicyclic) bond motifs is 1. The maximum absolute atomic E-state index is 11.4. The first kappa shape index (κ1) is 8.55. The van der Waals surface area contributed by atoms with Gasteiger partial charge in [-0.15, -0.1) is 0 Å². The number of hydrogen-bond donors (Lipinski definition) is 0. The second kappa shape index (κ2) is 2.73. The van der Waals surface area contributed by atoms with Gasteiger partial charge in [0.15, 0.2) is 0 Å². The second-order valence-corrected chi connectivity index (χ2v) is 2.96. The van der Waals surface area contributed by atoms with E-state index in [1.807, 2.05) is 0 Å². The van der Waals surface area contributed by atoms with E-state index >= 15 is 0 Å². The maximum atomic E-state index is 11.4. The van der Waals surface area contributed by atoms with E-state index in [1.54, 1.807) is 12.1 Å². The number of nitro groups is 1. The molecule has 0 saturated heterocycles. The highest BCUT2D eigenvalue weighted by molar-refractivity contribution is 6.28. The zero-order valence-electron chi connectivity index (χ0n) is 6.97. The molecule has 0 radical (unpaired) electrons. The molecule has 14 heavy (non-hydrogen) atoms. The van der Waals surface area contributed by atoms with Crippen molar-refractivity contribution in [3.05, 3.63) is 45.5 Å². The van der Waals surface area contributed by atoms with Gasteiger partial charge >= 0.3 is 6.04 Å². The maximum Gasteiger partial charge on any atom is 0.336 e. The molecule has 2 rings (SSSR count). The zero-order chi connectivity index (χ0) is 10.3. The molecule has 0 bridgehead atoms. The van der Waals surface area contributed by atoms with Crippen LogP contribution in [-0.4, -0.2) is 22.5 Å². The van der Waals surface area contributed by atoms with Crippen LogP contribution in [0.15, 0.2) is 24.3 Å². The average Bonchev–Trinajstić information content (AvgIpc) is 2.41. The van der Waals surface area contributed by atoms with Gasteiger partial charge in [-0.1, -0.05) is 24.3 Å². The highest BCUT2D eigenvalue weighted by atomic mass is 16.6. The lowest BCUT2D eigenvalue weighted by molar-refractivity contribution is -0.488. The predicted molar refractivity (Wildman–Crippen MR) is 45.9 cm³/mol. The molecule has 5 heteroatoms. The molecule has 0 saturated carbocycles. The van der Waals surface area contributed by atoms with Gasteiger partial charge in [-0.2, -0.15) is 0 Å². The first-order valence-electron chi connectivity index (χ1n) is 3.94. The Morgan fingerprint density at radius 3 is 1.86 bits per heavy atom. The predicted octanol–water partition coefficient (Wildman–Crippen LogP) is 0.711. The molecule has 0 N–H and O–H groups in total. The Morgan fingerprint density at radius 2 is 1.50 bits per heavy atom. The summed E-state index contributed by atoms with van der Waals surface area (Å²) in [6, 6.07) is 4.28. The summed E-state index contributed by atoms with van der Waals surface area (Å²) in [5, 5.41) is 10.5. The number of carbonyl (C=O) groups excluding carboxylic acids is 2. The molecular weight excluding hydrogens is 186 g/mol. The number of ketones is 2. The Labute approximate surface area is 78.5 Å². The third-order valence-corrected chi connectivity index (χ3v) is 2.17. The lowest BCUT2D eigenvalue weighted by Gasteiger charge is -1.94. The first-order chi connectivity index (χ1) is 6.63. The van der Waals surface area contributed by atoms with Crippen LogP contribution >= 0.6 is 0 Å². The third kappa shape index (κ3) is 0.953. The molecule has 0 amide bonds. The van der Waals surface area contributed by atoms with E-state index in [2.05, 4.69) is 0 Å². The van der Waals surface area contributed by atoms with Gasteiger partial charge in [0, 0.05) is 16.1 Å². The van der Waals surface area contributed by atoms with Crippen LogP contribution in [0.1, 0.15) is 20.7 Å². The van der Waals surface area contributed by atoms with Crippen molar-refractivity contribution in [2.45, 2.75) is 6.04 Å². The van der Waals surface area contributed by atoms with Crippen molar-refractivity contribution < 1.29 is 14.5 Å². The van der Waals surface area contributed by atoms with E-state index in [-0.39, 0.29) is 11.1 Å². The number of Topliss-reactive ketones (excluding diaryl/α,β-unsaturated/α-hetero) is 2. The Kier molecular flexibility index (Phi) is 1.67. The van der Waals surface area contributed by atoms with Crippen LogP contribution in [0.3, 0.4) is 0 Å². The van der Waals surface area contributed by atoms with Crippen LogP contribution in [0.25, 0.3) is 0 Å². The minimum absolute atomic E-state index is 0.152. The number of benzene rings is 1. The van der Waals surface area contributed by atoms with Crippen molar-refractivity contribution in [3.63, 3.8) is 0 Å². The molecule has 0 spiro atoms. The Hall–Kier alpha value is -2.04. The summed E-state index contributed by atoms with van der Waals surface area (Å²) in [6.07, 6.45) is 0. The van der Waals surface area contributed by atoms with Gasteiger partial charge in [-0.3, -0.25) is 19.7 Å². The van der Waals surface area contributed by atoms with Crippen LogP contribution in [-0.2, 0) is 0 Å². The largest absolute Gasteiger partial charge is 0.336 e. The first-order valence-corrected chi connectivity index (χ1v) is 3.94. The molecule has 0 atom stereocenters. The molecule has 1 aliphatic rings. The lowest BCUT2D eigenvalue weighted by Crippen LogP contribution is -2.31. The fourth-order valence-corrected chi connectivity index (χ4v) is 1.52. The van der Waals surface area contributed by atoms with Gasteiger partial charge in [0.2, 0.25) is 11.6 Å². The number of nitrogens with zero attached hydrogens (tertiary/aromatic N) is 1. The summed E-state index contributed by atoms with van der Waals surface area (Å²) in [4.78, 5) is 32.4. The number of carbonyl (C=O) groups is 2. The summed E-state index contributed by atoms with van der Waals surface area (Å²) in [7, 11) is 0. The molecule has 1 aromatic carbocycles. The molecular formula is C9H5NO4. The van der Waals surface area contributed by atoms with E-state index in [0.29, 0.717) is 0 Å². The van der Waals surface area contributed by atoms with Crippen molar-refractivity contribution in [1.29, 1.82) is 0 Å². The molecule has 1 aliphatic carbocycles. The van der Waals surface area contributed by atoms with Crippen LogP contribution in [0.5, 0.6) is 0 Å². The molecule has 1 aromatic rings. The SMILES string of the molecule is O=C1c2ccccc2C(=O)C1[N+](=O)[O-]. The average molecular weight is 191 g/mol. The highest BCUT2D eigenvalue weighted by Crippen LogP contribution is 2.23. The molecule has 70 valence electrons. The van der Waals surface area contributed by atoms with Gasteiger partial charge in [-0.05, 0) is 0 Å². The fraction of sp³-hybridized carbons (Fsp3) is 0.111. The van der Waals surface area contributed by atoms with Crippen LogP contribution < -0.4 is 0 Å². The monoisotopic (exact) mass is 191 g/mol. The van der Waals surface area contributed by atoms with Crippen LogP contribution in [0.4, 0.5) is 0 Å². The van der Waals surface area contributed by atoms with Crippen LogP contribution in [0.2, 0.25) is 0 Å². The summed E-state index contributed by atoms with van der Waals surface area (Å²) in [5.41, 5.74) is 0.304. The molecule has 0 heterocycles. The van der Waals surface area contributed by atoms with E-state index < -0.39 is 22.5 Å². The van der Waals surface area contributed by atoms with E-state index in [4.69, 9.17) is 0 Å². The summed E-state index contributed by atoms with van der Waals surface area (Å²) >= 11 is 0. The third-order valence-electron chi connectivity index (χ3n) is 2.17. The topological polar surface area (TPSA) is 77.3 Å². The summed E-state index contributed by atoms with van der Waals surface area (Å²) in [6.45, 7) is 0. The van der Waals surface area contributed by atoms with Crippen molar-refractivity contribution in [1.82, 2.24) is 0 Å². The highest BCUT2D eigenvalue weighted by Gasteiger charge is 2.47. The molecule has 5 nitrogen and oxygen atoms in total. The van der Waals surface area contributed by atoms with Crippen molar-refractivity contribution in [3.8, 4) is 0 Å². The van der Waals surface area contributed by atoms with Gasteiger partial charge < -0.3 is 0 Å². The van der Waals surface area contributed by atoms with Crippen molar-refractivity contribution in [2.75, 3.05) is 0 Å². The number of hydrogen-bond acceptors (Lipinski definition) is 4. The van der Waals surface area contributed by atoms with E-state index in [1.165, 1.54) is 12.1 Å². The molecule has 0 fully saturated rings. The lowest BCUT2D eigenvalue weighted by atomic mass is 10.1. The molecule has 0 aromatic heterocycles. The summed E-state index contributed by atoms with van der Waals surface area (Å²) in [5.74, 6) is -1.42. The van der Waals surface area contributed by atoms with E-state index in [9.17, 15) is 19.7 Å². The van der Waals surface area contributed by atoms with Gasteiger partial charge in [0.05, 0.1) is 0 Å². The minimum atomic E-state index is -1.73. The quantitative estimate of drug-likeness (QED) is 0.372. The normalized spacial score (nSPS) is 15.7. The van der Waals surface area contributed by atoms with Crippen molar-refractivity contribution >= 4 is 11.6 Å². The standard InChI is InChI=1S/C9H5NO4/c11-8-5-3-1-2-4-6(5)9(12)7(8)10(13)14/h1-4,7H. The zero-order valence-corrected chi connectivity index (χ0v) is 6.97. The Balaban J connectivity index is 2.59. The Bertz CT molecular complexity index is 417. The van der Waals surface area contributed by atoms with E-state index in [0.717, 1.165) is 0 Å². The number of rotatable bonds is 1. The van der Waals surface area contributed by atoms with Gasteiger partial charge in [-0.25, -0.2) is 0 Å². The second-order valence-electron chi connectivity index (χ2n) is 2.96. The van der Waals surface area contributed by atoms with Crippen molar-refractivity contribution in [2.24, 2.45) is 0 Å². The van der Waals surface area contributed by atoms with Crippen LogP contribution in [0, 0.1) is 10.1 Å². The fourth-order valence-electron chi connectivity index (χ4n) is 1.52. The summed E-state index contributed by atoms with van der Waals surface area (Å²) < 4.78 is 0. The minimum Gasteiger partial charge on any atom is -0.286 e. The molecule has 0 unspecified atom stereocenters. The molecule has 0 aliphatic heterocycles. The smallest absolute Gasteiger partial charge is 0.286 e. The van der Waals surface area contributed by atoms with Gasteiger partial charge in [0.25, 0.3) is 0 Å².